The number of carbonyl (C=O) groups is 2. The zero-order valence-corrected chi connectivity index (χ0v) is 14.8. The Morgan fingerprint density at radius 1 is 1.04 bits per heavy atom. The van der Waals surface area contributed by atoms with Crippen molar-refractivity contribution in [3.8, 4) is 0 Å². The highest BCUT2D eigenvalue weighted by Crippen LogP contribution is 2.17. The second-order valence-corrected chi connectivity index (χ2v) is 6.60. The molecule has 0 atom stereocenters. The Morgan fingerprint density at radius 3 is 2.50 bits per heavy atom. The molecule has 1 heterocycles. The third-order valence-electron chi connectivity index (χ3n) is 3.24. The lowest BCUT2D eigenvalue weighted by atomic mass is 10.2. The predicted octanol–water partition coefficient (Wildman–Crippen LogP) is 3.51. The zero-order chi connectivity index (χ0) is 18.5. The molecule has 0 saturated carbocycles. The summed E-state index contributed by atoms with van der Waals surface area (Å²) in [6.45, 7) is 0.139. The van der Waals surface area contributed by atoms with Gasteiger partial charge in [-0.3, -0.25) is 9.59 Å². The number of anilines is 1. The number of hydrogen-bond acceptors (Lipinski definition) is 5. The fourth-order valence-corrected chi connectivity index (χ4v) is 2.91. The highest BCUT2D eigenvalue weighted by atomic mass is 35.5. The van der Waals surface area contributed by atoms with Gasteiger partial charge < -0.3 is 10.6 Å². The molecule has 0 radical (unpaired) electrons. The van der Waals surface area contributed by atoms with Gasteiger partial charge in [-0.05, 0) is 35.9 Å². The predicted molar refractivity (Wildman–Crippen MR) is 96.9 cm³/mol. The van der Waals surface area contributed by atoms with Crippen molar-refractivity contribution in [2.75, 3.05) is 5.32 Å². The van der Waals surface area contributed by atoms with Crippen LogP contribution in [0.2, 0.25) is 5.02 Å². The first-order valence-electron chi connectivity index (χ1n) is 7.44. The third-order valence-corrected chi connectivity index (χ3v) is 4.39. The van der Waals surface area contributed by atoms with E-state index < -0.39 is 11.8 Å². The summed E-state index contributed by atoms with van der Waals surface area (Å²) >= 11 is 6.72. The summed E-state index contributed by atoms with van der Waals surface area (Å²) < 4.78 is 13.1. The number of halogens is 2. The normalized spacial score (nSPS) is 10.4. The van der Waals surface area contributed by atoms with Crippen LogP contribution in [0.25, 0.3) is 0 Å². The van der Waals surface area contributed by atoms with Gasteiger partial charge in [0.1, 0.15) is 5.82 Å². The molecule has 0 unspecified atom stereocenters. The van der Waals surface area contributed by atoms with Crippen LogP contribution < -0.4 is 10.6 Å². The van der Waals surface area contributed by atoms with Gasteiger partial charge in [0.25, 0.3) is 11.8 Å². The summed E-state index contributed by atoms with van der Waals surface area (Å²) in [5.41, 5.74) is 1.12. The fourth-order valence-electron chi connectivity index (χ4n) is 2.06. The molecule has 0 fully saturated rings. The molecule has 0 saturated heterocycles. The minimum absolute atomic E-state index is 0.0395. The van der Waals surface area contributed by atoms with Crippen molar-refractivity contribution in [1.82, 2.24) is 15.5 Å². The standard InChI is InChI=1S/C17H12ClFN4O2S/c18-11-4-2-6-13(8-11)21-15(25)17-23-22-16(26-17)14(24)20-9-10-3-1-5-12(19)7-10/h1-8H,9H2,(H,20,24)(H,21,25). The smallest absolute Gasteiger partial charge is 0.286 e. The average Bonchev–Trinajstić information content (AvgIpc) is 3.10. The maximum Gasteiger partial charge on any atom is 0.286 e. The first-order valence-corrected chi connectivity index (χ1v) is 8.64. The highest BCUT2D eigenvalue weighted by Gasteiger charge is 2.17. The average molecular weight is 391 g/mol. The fraction of sp³-hybridized carbons (Fsp3) is 0.0588. The molecule has 132 valence electrons. The summed E-state index contributed by atoms with van der Waals surface area (Å²) in [7, 11) is 0. The number of nitrogens with one attached hydrogen (secondary N) is 2. The SMILES string of the molecule is O=C(NCc1cccc(F)c1)c1nnc(C(=O)Nc2cccc(Cl)c2)s1. The molecule has 3 rings (SSSR count). The summed E-state index contributed by atoms with van der Waals surface area (Å²) in [6, 6.07) is 12.5. The quantitative estimate of drug-likeness (QED) is 0.698. The second-order valence-electron chi connectivity index (χ2n) is 5.19. The molecule has 0 spiro atoms. The maximum atomic E-state index is 13.1. The minimum atomic E-state index is -0.492. The Balaban J connectivity index is 1.61. The molecule has 2 aromatic carbocycles. The first-order chi connectivity index (χ1) is 12.5. The van der Waals surface area contributed by atoms with E-state index in [1.807, 2.05) is 0 Å². The summed E-state index contributed by atoms with van der Waals surface area (Å²) in [4.78, 5) is 24.3. The molecule has 0 bridgehead atoms. The lowest BCUT2D eigenvalue weighted by Crippen LogP contribution is -2.22. The van der Waals surface area contributed by atoms with E-state index in [9.17, 15) is 14.0 Å². The van der Waals surface area contributed by atoms with Crippen LogP contribution in [0.1, 0.15) is 25.2 Å². The third kappa shape index (κ3) is 4.62. The van der Waals surface area contributed by atoms with Crippen LogP contribution in [0.5, 0.6) is 0 Å². The van der Waals surface area contributed by atoms with Gasteiger partial charge in [0.2, 0.25) is 10.0 Å². The number of benzene rings is 2. The van der Waals surface area contributed by atoms with Gasteiger partial charge >= 0.3 is 0 Å². The molecule has 0 aliphatic rings. The Bertz CT molecular complexity index is 963. The topological polar surface area (TPSA) is 84.0 Å². The lowest BCUT2D eigenvalue weighted by Gasteiger charge is -2.03. The Morgan fingerprint density at radius 2 is 1.77 bits per heavy atom. The van der Waals surface area contributed by atoms with E-state index in [1.54, 1.807) is 36.4 Å². The number of hydrogen-bond donors (Lipinski definition) is 2. The molecule has 9 heteroatoms. The Labute approximate surface area is 157 Å². The van der Waals surface area contributed by atoms with E-state index in [0.717, 1.165) is 11.3 Å². The zero-order valence-electron chi connectivity index (χ0n) is 13.2. The van der Waals surface area contributed by atoms with E-state index in [1.165, 1.54) is 12.1 Å². The molecule has 3 aromatic rings. The van der Waals surface area contributed by atoms with Crippen molar-refractivity contribution < 1.29 is 14.0 Å². The molecule has 1 aromatic heterocycles. The second kappa shape index (κ2) is 8.03. The van der Waals surface area contributed by atoms with Gasteiger partial charge in [-0.2, -0.15) is 0 Å². The van der Waals surface area contributed by atoms with Crippen LogP contribution in [0.4, 0.5) is 10.1 Å². The monoisotopic (exact) mass is 390 g/mol. The Hall–Kier alpha value is -2.84. The number of aromatic nitrogens is 2. The van der Waals surface area contributed by atoms with Crippen LogP contribution in [0, 0.1) is 5.82 Å². The van der Waals surface area contributed by atoms with Gasteiger partial charge in [0.15, 0.2) is 0 Å². The van der Waals surface area contributed by atoms with E-state index in [-0.39, 0.29) is 22.4 Å². The molecular weight excluding hydrogens is 379 g/mol. The Kier molecular flexibility index (Phi) is 5.55. The van der Waals surface area contributed by atoms with E-state index in [4.69, 9.17) is 11.6 Å². The molecular formula is C17H12ClFN4O2S. The van der Waals surface area contributed by atoms with Crippen LogP contribution in [-0.2, 0) is 6.54 Å². The van der Waals surface area contributed by atoms with Gasteiger partial charge in [-0.15, -0.1) is 10.2 Å². The van der Waals surface area contributed by atoms with Crippen LogP contribution in [-0.4, -0.2) is 22.0 Å². The molecule has 0 aliphatic heterocycles. The van der Waals surface area contributed by atoms with Crippen LogP contribution >= 0.6 is 22.9 Å². The lowest BCUT2D eigenvalue weighted by molar-refractivity contribution is 0.0948. The number of rotatable bonds is 5. The number of nitrogens with zero attached hydrogens (tertiary/aromatic N) is 2. The molecule has 2 amide bonds. The summed E-state index contributed by atoms with van der Waals surface area (Å²) in [6.07, 6.45) is 0. The van der Waals surface area contributed by atoms with Crippen molar-refractivity contribution in [2.45, 2.75) is 6.54 Å². The van der Waals surface area contributed by atoms with Gasteiger partial charge in [0, 0.05) is 17.3 Å². The molecule has 6 nitrogen and oxygen atoms in total. The van der Waals surface area contributed by atoms with Crippen molar-refractivity contribution in [3.63, 3.8) is 0 Å². The number of amides is 2. The van der Waals surface area contributed by atoms with E-state index in [2.05, 4.69) is 20.8 Å². The first kappa shape index (κ1) is 18.0. The van der Waals surface area contributed by atoms with Crippen molar-refractivity contribution >= 4 is 40.4 Å². The van der Waals surface area contributed by atoms with Crippen LogP contribution in [0.15, 0.2) is 48.5 Å². The minimum Gasteiger partial charge on any atom is -0.346 e. The number of carbonyl (C=O) groups excluding carboxylic acids is 2. The molecule has 26 heavy (non-hydrogen) atoms. The summed E-state index contributed by atoms with van der Waals surface area (Å²) in [5.74, 6) is -1.37. The van der Waals surface area contributed by atoms with Gasteiger partial charge in [-0.1, -0.05) is 41.1 Å². The van der Waals surface area contributed by atoms with Crippen molar-refractivity contribution in [2.24, 2.45) is 0 Å². The van der Waals surface area contributed by atoms with Gasteiger partial charge in [0.05, 0.1) is 0 Å². The van der Waals surface area contributed by atoms with E-state index >= 15 is 0 Å². The van der Waals surface area contributed by atoms with Crippen LogP contribution in [0.3, 0.4) is 0 Å². The molecule has 0 aliphatic carbocycles. The van der Waals surface area contributed by atoms with E-state index in [0.29, 0.717) is 16.3 Å². The van der Waals surface area contributed by atoms with Crippen molar-refractivity contribution in [3.05, 3.63) is 74.9 Å². The van der Waals surface area contributed by atoms with Gasteiger partial charge in [-0.25, -0.2) is 4.39 Å². The largest absolute Gasteiger partial charge is 0.346 e. The highest BCUT2D eigenvalue weighted by molar-refractivity contribution is 7.15. The van der Waals surface area contributed by atoms with Crippen molar-refractivity contribution in [1.29, 1.82) is 0 Å². The molecule has 2 N–H and O–H groups in total. The summed E-state index contributed by atoms with van der Waals surface area (Å²) in [5, 5.41) is 13.2. The maximum absolute atomic E-state index is 13.1.